The fraction of sp³-hybridized carbons (Fsp3) is 0.188. The molecule has 1 heterocycles. The topological polar surface area (TPSA) is 62.3 Å². The Balaban J connectivity index is 1.98. The molecule has 2 N–H and O–H groups in total. The molecule has 0 bridgehead atoms. The van der Waals surface area contributed by atoms with Gasteiger partial charge in [0.2, 0.25) is 0 Å². The van der Waals surface area contributed by atoms with Gasteiger partial charge in [0.1, 0.15) is 11.8 Å². The Morgan fingerprint density at radius 1 is 1.15 bits per heavy atom. The van der Waals surface area contributed by atoms with E-state index in [1.807, 2.05) is 24.3 Å². The highest BCUT2D eigenvalue weighted by Gasteiger charge is 2.21. The molecular formula is C16H15N3O. The highest BCUT2D eigenvalue weighted by atomic mass is 16.5. The summed E-state index contributed by atoms with van der Waals surface area (Å²) in [6, 6.07) is 13.7. The lowest BCUT2D eigenvalue weighted by molar-refractivity contribution is 0.414. The molecule has 0 amide bonds. The molecule has 0 atom stereocenters. The van der Waals surface area contributed by atoms with E-state index in [-0.39, 0.29) is 0 Å². The van der Waals surface area contributed by atoms with Crippen LogP contribution in [0.2, 0.25) is 0 Å². The maximum atomic E-state index is 9.27. The van der Waals surface area contributed by atoms with Gasteiger partial charge in [0.25, 0.3) is 0 Å². The van der Waals surface area contributed by atoms with Crippen LogP contribution in [0.4, 0.5) is 11.4 Å². The molecule has 3 rings (SSSR count). The van der Waals surface area contributed by atoms with E-state index in [1.54, 1.807) is 13.2 Å². The number of rotatable bonds is 2. The Bertz CT molecular complexity index is 703. The number of nitriles is 1. The number of nitrogen functional groups attached to an aromatic ring is 1. The van der Waals surface area contributed by atoms with Gasteiger partial charge in [0, 0.05) is 24.8 Å². The third kappa shape index (κ3) is 2.04. The van der Waals surface area contributed by atoms with Crippen LogP contribution in [0.25, 0.3) is 0 Å². The first-order valence-electron chi connectivity index (χ1n) is 6.41. The van der Waals surface area contributed by atoms with Gasteiger partial charge in [-0.25, -0.2) is 0 Å². The summed E-state index contributed by atoms with van der Waals surface area (Å²) in [4.78, 5) is 2.17. The summed E-state index contributed by atoms with van der Waals surface area (Å²) in [6.07, 6.45) is 0. The van der Waals surface area contributed by atoms with Crippen molar-refractivity contribution in [2.45, 2.75) is 13.1 Å². The summed E-state index contributed by atoms with van der Waals surface area (Å²) in [5.41, 5.74) is 10.6. The fourth-order valence-corrected chi connectivity index (χ4v) is 2.58. The molecule has 0 saturated carbocycles. The molecule has 2 aromatic rings. The minimum absolute atomic E-state index is 0.659. The predicted octanol–water partition coefficient (Wildman–Crippen LogP) is 2.67. The standard InChI is InChI=1S/C16H15N3O/c1-20-15-5-3-11(8-17)16(7-15)19-9-12-2-4-14(18)6-13(12)10-19/h2-7H,9-10,18H2,1H3. The second-order valence-electron chi connectivity index (χ2n) is 4.88. The number of nitrogens with two attached hydrogens (primary N) is 1. The summed E-state index contributed by atoms with van der Waals surface area (Å²) in [7, 11) is 1.63. The molecule has 0 saturated heterocycles. The number of methoxy groups -OCH3 is 1. The number of ether oxygens (including phenoxy) is 1. The van der Waals surface area contributed by atoms with Gasteiger partial charge in [0.15, 0.2) is 0 Å². The molecule has 0 fully saturated rings. The average Bonchev–Trinajstić information content (AvgIpc) is 2.89. The molecule has 0 radical (unpaired) electrons. The summed E-state index contributed by atoms with van der Waals surface area (Å²) in [5.74, 6) is 0.759. The second kappa shape index (κ2) is 4.78. The molecular weight excluding hydrogens is 250 g/mol. The third-order valence-electron chi connectivity index (χ3n) is 3.62. The van der Waals surface area contributed by atoms with Crippen LogP contribution in [-0.2, 0) is 13.1 Å². The number of hydrogen-bond donors (Lipinski definition) is 1. The van der Waals surface area contributed by atoms with Crippen LogP contribution < -0.4 is 15.4 Å². The smallest absolute Gasteiger partial charge is 0.121 e. The number of hydrogen-bond acceptors (Lipinski definition) is 4. The van der Waals surface area contributed by atoms with Crippen molar-refractivity contribution in [1.82, 2.24) is 0 Å². The van der Waals surface area contributed by atoms with E-state index in [1.165, 1.54) is 11.1 Å². The van der Waals surface area contributed by atoms with E-state index in [9.17, 15) is 5.26 Å². The van der Waals surface area contributed by atoms with Crippen molar-refractivity contribution >= 4 is 11.4 Å². The van der Waals surface area contributed by atoms with E-state index < -0.39 is 0 Å². The first kappa shape index (κ1) is 12.4. The number of nitrogens with zero attached hydrogens (tertiary/aromatic N) is 2. The fourth-order valence-electron chi connectivity index (χ4n) is 2.58. The van der Waals surface area contributed by atoms with Gasteiger partial charge in [0.05, 0.1) is 18.4 Å². The summed E-state index contributed by atoms with van der Waals surface area (Å²) < 4.78 is 5.25. The summed E-state index contributed by atoms with van der Waals surface area (Å²) >= 11 is 0. The van der Waals surface area contributed by atoms with Crippen LogP contribution in [0.15, 0.2) is 36.4 Å². The SMILES string of the molecule is COc1ccc(C#N)c(N2Cc3ccc(N)cc3C2)c1. The minimum Gasteiger partial charge on any atom is -0.497 e. The van der Waals surface area contributed by atoms with Crippen molar-refractivity contribution < 1.29 is 4.74 Å². The van der Waals surface area contributed by atoms with Gasteiger partial charge in [-0.15, -0.1) is 0 Å². The van der Waals surface area contributed by atoms with E-state index in [0.29, 0.717) is 5.56 Å². The molecule has 0 aliphatic carbocycles. The van der Waals surface area contributed by atoms with Crippen LogP contribution >= 0.6 is 0 Å². The van der Waals surface area contributed by atoms with Crippen molar-refractivity contribution in [1.29, 1.82) is 5.26 Å². The molecule has 4 nitrogen and oxygen atoms in total. The van der Waals surface area contributed by atoms with E-state index in [0.717, 1.165) is 30.2 Å². The van der Waals surface area contributed by atoms with Crippen molar-refractivity contribution in [2.75, 3.05) is 17.7 Å². The Hall–Kier alpha value is -2.67. The molecule has 0 spiro atoms. The van der Waals surface area contributed by atoms with Crippen molar-refractivity contribution in [3.8, 4) is 11.8 Å². The zero-order chi connectivity index (χ0) is 14.1. The lowest BCUT2D eigenvalue weighted by atomic mass is 10.1. The summed E-state index contributed by atoms with van der Waals surface area (Å²) in [5, 5.41) is 9.27. The molecule has 4 heteroatoms. The number of fused-ring (bicyclic) bond motifs is 1. The van der Waals surface area contributed by atoms with Crippen LogP contribution in [0.3, 0.4) is 0 Å². The van der Waals surface area contributed by atoms with Gasteiger partial charge in [-0.3, -0.25) is 0 Å². The highest BCUT2D eigenvalue weighted by molar-refractivity contribution is 5.64. The largest absolute Gasteiger partial charge is 0.497 e. The van der Waals surface area contributed by atoms with Gasteiger partial charge < -0.3 is 15.4 Å². The van der Waals surface area contributed by atoms with Gasteiger partial charge in [-0.1, -0.05) is 6.07 Å². The molecule has 1 aliphatic heterocycles. The molecule has 100 valence electrons. The van der Waals surface area contributed by atoms with Crippen LogP contribution in [0.5, 0.6) is 5.75 Å². The van der Waals surface area contributed by atoms with E-state index in [4.69, 9.17) is 10.5 Å². The Morgan fingerprint density at radius 3 is 2.70 bits per heavy atom. The first-order valence-corrected chi connectivity index (χ1v) is 6.41. The van der Waals surface area contributed by atoms with Gasteiger partial charge in [-0.2, -0.15) is 5.26 Å². The maximum absolute atomic E-state index is 9.27. The first-order chi connectivity index (χ1) is 9.71. The quantitative estimate of drug-likeness (QED) is 0.848. The Morgan fingerprint density at radius 2 is 1.95 bits per heavy atom. The Kier molecular flexibility index (Phi) is 2.96. The maximum Gasteiger partial charge on any atom is 0.121 e. The van der Waals surface area contributed by atoms with Crippen LogP contribution in [0.1, 0.15) is 16.7 Å². The number of anilines is 2. The van der Waals surface area contributed by atoms with Crippen LogP contribution in [0, 0.1) is 11.3 Å². The molecule has 0 unspecified atom stereocenters. The number of benzene rings is 2. The molecule has 1 aliphatic rings. The minimum atomic E-state index is 0.659. The molecule has 0 aromatic heterocycles. The normalized spacial score (nSPS) is 12.9. The zero-order valence-corrected chi connectivity index (χ0v) is 11.3. The van der Waals surface area contributed by atoms with Gasteiger partial charge in [-0.05, 0) is 35.4 Å². The monoisotopic (exact) mass is 265 g/mol. The lowest BCUT2D eigenvalue weighted by Gasteiger charge is -2.19. The molecule has 20 heavy (non-hydrogen) atoms. The third-order valence-corrected chi connectivity index (χ3v) is 3.62. The van der Waals surface area contributed by atoms with Crippen molar-refractivity contribution in [2.24, 2.45) is 0 Å². The van der Waals surface area contributed by atoms with Crippen molar-refractivity contribution in [3.05, 3.63) is 53.1 Å². The van der Waals surface area contributed by atoms with E-state index in [2.05, 4.69) is 17.0 Å². The highest BCUT2D eigenvalue weighted by Crippen LogP contribution is 2.33. The average molecular weight is 265 g/mol. The predicted molar refractivity (Wildman–Crippen MR) is 78.5 cm³/mol. The second-order valence-corrected chi connectivity index (χ2v) is 4.88. The van der Waals surface area contributed by atoms with E-state index >= 15 is 0 Å². The van der Waals surface area contributed by atoms with Gasteiger partial charge >= 0.3 is 0 Å². The molecule has 2 aromatic carbocycles. The Labute approximate surface area is 118 Å². The lowest BCUT2D eigenvalue weighted by Crippen LogP contribution is -2.15. The summed E-state index contributed by atoms with van der Waals surface area (Å²) in [6.45, 7) is 1.56. The zero-order valence-electron chi connectivity index (χ0n) is 11.3. The van der Waals surface area contributed by atoms with Crippen LogP contribution in [-0.4, -0.2) is 7.11 Å². The van der Waals surface area contributed by atoms with Crippen molar-refractivity contribution in [3.63, 3.8) is 0 Å².